The average molecular weight is 395 g/mol. The maximum Gasteiger partial charge on any atom is 0.333 e. The molecule has 0 aliphatic carbocycles. The van der Waals surface area contributed by atoms with Gasteiger partial charge in [0.15, 0.2) is 0 Å². The van der Waals surface area contributed by atoms with Gasteiger partial charge in [-0.3, -0.25) is 0 Å². The van der Waals surface area contributed by atoms with Gasteiger partial charge in [-0.25, -0.2) is 4.79 Å². The van der Waals surface area contributed by atoms with Gasteiger partial charge in [-0.1, -0.05) is 130 Å². The van der Waals surface area contributed by atoms with Crippen molar-refractivity contribution in [3.63, 3.8) is 0 Å². The van der Waals surface area contributed by atoms with Gasteiger partial charge in [0, 0.05) is 5.57 Å². The average Bonchev–Trinajstić information content (AvgIpc) is 2.67. The number of hydrogen-bond donors (Lipinski definition) is 0. The first-order valence-corrected chi connectivity index (χ1v) is 12.4. The van der Waals surface area contributed by atoms with E-state index in [9.17, 15) is 4.79 Å². The van der Waals surface area contributed by atoms with Crippen molar-refractivity contribution in [2.75, 3.05) is 6.61 Å². The lowest BCUT2D eigenvalue weighted by molar-refractivity contribution is -0.139. The van der Waals surface area contributed by atoms with Crippen molar-refractivity contribution in [1.29, 1.82) is 0 Å². The molecule has 0 rings (SSSR count). The second kappa shape index (κ2) is 20.9. The van der Waals surface area contributed by atoms with Crippen LogP contribution in [-0.4, -0.2) is 12.6 Å². The molecule has 2 nitrogen and oxygen atoms in total. The van der Waals surface area contributed by atoms with E-state index in [1.54, 1.807) is 6.92 Å². The van der Waals surface area contributed by atoms with Crippen molar-refractivity contribution < 1.29 is 9.53 Å². The molecule has 166 valence electrons. The van der Waals surface area contributed by atoms with Crippen LogP contribution in [-0.2, 0) is 9.53 Å². The van der Waals surface area contributed by atoms with Crippen LogP contribution in [0, 0.1) is 5.92 Å². The molecule has 2 heteroatoms. The fourth-order valence-electron chi connectivity index (χ4n) is 3.66. The number of unbranched alkanes of at least 4 members (excludes halogenated alkanes) is 15. The second-order valence-corrected chi connectivity index (χ2v) is 8.90. The Morgan fingerprint density at radius 3 is 1.50 bits per heavy atom. The monoisotopic (exact) mass is 394 g/mol. The first-order chi connectivity index (χ1) is 13.6. The lowest BCUT2D eigenvalue weighted by Crippen LogP contribution is -2.09. The van der Waals surface area contributed by atoms with Crippen LogP contribution in [0.5, 0.6) is 0 Å². The van der Waals surface area contributed by atoms with Crippen molar-refractivity contribution in [3.05, 3.63) is 12.2 Å². The SMILES string of the molecule is C=C(C)C(=O)OCCC(C)CCCCCCCCCCCCCCCCCC. The van der Waals surface area contributed by atoms with Gasteiger partial charge in [-0.05, 0) is 19.3 Å². The molecule has 0 aliphatic heterocycles. The number of carbonyl (C=O) groups is 1. The predicted molar refractivity (Wildman–Crippen MR) is 124 cm³/mol. The molecule has 0 aliphatic rings. The summed E-state index contributed by atoms with van der Waals surface area (Å²) in [5.74, 6) is 0.388. The third-order valence-corrected chi connectivity index (χ3v) is 5.74. The standard InChI is InChI=1S/C26H50O2/c1-5-6-7-8-9-10-11-12-13-14-15-16-17-18-19-20-21-25(4)22-23-28-26(27)24(2)3/h25H,2,5-23H2,1,3-4H3. The Labute approximate surface area is 176 Å². The van der Waals surface area contributed by atoms with Crippen LogP contribution in [0.3, 0.4) is 0 Å². The smallest absolute Gasteiger partial charge is 0.333 e. The summed E-state index contributed by atoms with van der Waals surface area (Å²) in [7, 11) is 0. The minimum absolute atomic E-state index is 0.255. The summed E-state index contributed by atoms with van der Waals surface area (Å²) in [4.78, 5) is 11.3. The minimum atomic E-state index is -0.255. The zero-order valence-corrected chi connectivity index (χ0v) is 19.5. The van der Waals surface area contributed by atoms with Crippen LogP contribution in [0.2, 0.25) is 0 Å². The summed E-state index contributed by atoms with van der Waals surface area (Å²) in [6, 6.07) is 0. The molecule has 0 heterocycles. The van der Waals surface area contributed by atoms with Gasteiger partial charge < -0.3 is 4.74 Å². The van der Waals surface area contributed by atoms with E-state index in [0.717, 1.165) is 6.42 Å². The fourth-order valence-corrected chi connectivity index (χ4v) is 3.66. The topological polar surface area (TPSA) is 26.3 Å². The van der Waals surface area contributed by atoms with E-state index < -0.39 is 0 Å². The highest BCUT2D eigenvalue weighted by atomic mass is 16.5. The van der Waals surface area contributed by atoms with Gasteiger partial charge in [0.1, 0.15) is 0 Å². The molecule has 0 saturated heterocycles. The van der Waals surface area contributed by atoms with Crippen molar-refractivity contribution in [3.8, 4) is 0 Å². The molecule has 0 fully saturated rings. The van der Waals surface area contributed by atoms with E-state index in [4.69, 9.17) is 4.74 Å². The summed E-state index contributed by atoms with van der Waals surface area (Å²) in [6.45, 7) is 10.4. The lowest BCUT2D eigenvalue weighted by Gasteiger charge is -2.11. The van der Waals surface area contributed by atoms with Crippen LogP contribution < -0.4 is 0 Å². The predicted octanol–water partition coefficient (Wildman–Crippen LogP) is 8.78. The molecule has 28 heavy (non-hydrogen) atoms. The number of esters is 1. The Balaban J connectivity index is 3.19. The van der Waals surface area contributed by atoms with E-state index in [0.29, 0.717) is 18.1 Å². The molecular weight excluding hydrogens is 344 g/mol. The first-order valence-electron chi connectivity index (χ1n) is 12.4. The molecule has 0 N–H and O–H groups in total. The highest BCUT2D eigenvalue weighted by Gasteiger charge is 2.06. The molecule has 0 saturated carbocycles. The summed E-state index contributed by atoms with van der Waals surface area (Å²) < 4.78 is 5.17. The minimum Gasteiger partial charge on any atom is -0.462 e. The molecule has 0 bridgehead atoms. The molecule has 0 aromatic carbocycles. The van der Waals surface area contributed by atoms with E-state index in [2.05, 4.69) is 20.4 Å². The fraction of sp³-hybridized carbons (Fsp3) is 0.885. The van der Waals surface area contributed by atoms with E-state index in [1.807, 2.05) is 0 Å². The Hall–Kier alpha value is -0.790. The number of rotatable bonds is 21. The molecule has 0 aromatic rings. The van der Waals surface area contributed by atoms with Gasteiger partial charge in [-0.15, -0.1) is 0 Å². The summed E-state index contributed by atoms with van der Waals surface area (Å²) >= 11 is 0. The molecule has 0 aromatic heterocycles. The molecule has 0 spiro atoms. The summed E-state index contributed by atoms with van der Waals surface area (Å²) in [5.41, 5.74) is 0.491. The maximum atomic E-state index is 11.3. The van der Waals surface area contributed by atoms with Crippen LogP contribution in [0.25, 0.3) is 0 Å². The maximum absolute atomic E-state index is 11.3. The number of hydrogen-bond acceptors (Lipinski definition) is 2. The number of carbonyl (C=O) groups excluding carboxylic acids is 1. The Morgan fingerprint density at radius 1 is 0.714 bits per heavy atom. The van der Waals surface area contributed by atoms with E-state index in [1.165, 1.54) is 109 Å². The zero-order chi connectivity index (χ0) is 20.9. The zero-order valence-electron chi connectivity index (χ0n) is 19.5. The van der Waals surface area contributed by atoms with Gasteiger partial charge in [0.05, 0.1) is 6.61 Å². The molecular formula is C26H50O2. The van der Waals surface area contributed by atoms with Crippen LogP contribution >= 0.6 is 0 Å². The van der Waals surface area contributed by atoms with Crippen molar-refractivity contribution in [2.24, 2.45) is 5.92 Å². The Bertz CT molecular complexity index is 361. The molecule has 1 atom stereocenters. The third-order valence-electron chi connectivity index (χ3n) is 5.74. The molecule has 0 radical (unpaired) electrons. The Morgan fingerprint density at radius 2 is 1.11 bits per heavy atom. The third kappa shape index (κ3) is 20.0. The highest BCUT2D eigenvalue weighted by Crippen LogP contribution is 2.16. The second-order valence-electron chi connectivity index (χ2n) is 8.90. The highest BCUT2D eigenvalue weighted by molar-refractivity contribution is 5.86. The van der Waals surface area contributed by atoms with Crippen molar-refractivity contribution in [2.45, 2.75) is 136 Å². The van der Waals surface area contributed by atoms with Crippen LogP contribution in [0.1, 0.15) is 136 Å². The van der Waals surface area contributed by atoms with E-state index in [-0.39, 0.29) is 5.97 Å². The quantitative estimate of drug-likeness (QED) is 0.110. The van der Waals surface area contributed by atoms with Gasteiger partial charge in [0.2, 0.25) is 0 Å². The van der Waals surface area contributed by atoms with E-state index >= 15 is 0 Å². The van der Waals surface area contributed by atoms with Gasteiger partial charge >= 0.3 is 5.97 Å². The van der Waals surface area contributed by atoms with Crippen molar-refractivity contribution >= 4 is 5.97 Å². The number of ether oxygens (including phenoxy) is 1. The largest absolute Gasteiger partial charge is 0.462 e. The van der Waals surface area contributed by atoms with Crippen molar-refractivity contribution in [1.82, 2.24) is 0 Å². The van der Waals surface area contributed by atoms with Crippen LogP contribution in [0.15, 0.2) is 12.2 Å². The van der Waals surface area contributed by atoms with Gasteiger partial charge in [-0.2, -0.15) is 0 Å². The Kier molecular flexibility index (Phi) is 20.3. The summed E-state index contributed by atoms with van der Waals surface area (Å²) in [5, 5.41) is 0. The normalized spacial score (nSPS) is 12.1. The van der Waals surface area contributed by atoms with Crippen LogP contribution in [0.4, 0.5) is 0 Å². The summed E-state index contributed by atoms with van der Waals surface area (Å²) in [6.07, 6.45) is 24.9. The first kappa shape index (κ1) is 27.2. The molecule has 1 unspecified atom stereocenters. The van der Waals surface area contributed by atoms with Gasteiger partial charge in [0.25, 0.3) is 0 Å². The molecule has 0 amide bonds. The lowest BCUT2D eigenvalue weighted by atomic mass is 9.99.